The van der Waals surface area contributed by atoms with Crippen molar-refractivity contribution in [3.05, 3.63) is 57.2 Å². The van der Waals surface area contributed by atoms with Gasteiger partial charge in [0.1, 0.15) is 6.04 Å². The van der Waals surface area contributed by atoms with Crippen molar-refractivity contribution in [1.82, 2.24) is 20.4 Å². The Morgan fingerprint density at radius 3 is 2.97 bits per heavy atom. The SMILES string of the molecule is CN1[C@@H](CCC(=O)NCc2cccs2)CNC(=O)[C@@H]2[C@@H]1CCN2Cc1cccc(Cl)c1. The Balaban J connectivity index is 1.34. The van der Waals surface area contributed by atoms with E-state index in [0.29, 0.717) is 31.1 Å². The number of amides is 2. The molecule has 2 aliphatic rings. The Labute approximate surface area is 192 Å². The molecule has 2 N–H and O–H groups in total. The number of hydrogen-bond acceptors (Lipinski definition) is 5. The van der Waals surface area contributed by atoms with Crippen LogP contribution in [0.4, 0.5) is 0 Å². The predicted octanol–water partition coefficient (Wildman–Crippen LogP) is 2.87. The lowest BCUT2D eigenvalue weighted by Crippen LogP contribution is -2.49. The summed E-state index contributed by atoms with van der Waals surface area (Å²) >= 11 is 7.78. The third kappa shape index (κ3) is 5.47. The highest BCUT2D eigenvalue weighted by Gasteiger charge is 2.44. The lowest BCUT2D eigenvalue weighted by Gasteiger charge is -2.33. The van der Waals surface area contributed by atoms with Crippen molar-refractivity contribution >= 4 is 34.8 Å². The molecule has 6 nitrogen and oxygen atoms in total. The van der Waals surface area contributed by atoms with Gasteiger partial charge in [0.05, 0.1) is 6.54 Å². The molecule has 0 aliphatic carbocycles. The molecule has 0 bridgehead atoms. The maximum atomic E-state index is 12.9. The molecular formula is C23H29ClN4O2S. The largest absolute Gasteiger partial charge is 0.353 e. The van der Waals surface area contributed by atoms with Crippen LogP contribution in [0.25, 0.3) is 0 Å². The molecule has 2 fully saturated rings. The van der Waals surface area contributed by atoms with Gasteiger partial charge < -0.3 is 10.6 Å². The first-order valence-corrected chi connectivity index (χ1v) is 12.0. The van der Waals surface area contributed by atoms with Gasteiger partial charge in [-0.2, -0.15) is 0 Å². The zero-order valence-electron chi connectivity index (χ0n) is 17.7. The molecule has 1 aromatic heterocycles. The Hall–Kier alpha value is -1.93. The second-order valence-corrected chi connectivity index (χ2v) is 9.83. The van der Waals surface area contributed by atoms with Gasteiger partial charge in [-0.05, 0) is 49.0 Å². The first-order valence-electron chi connectivity index (χ1n) is 10.8. The van der Waals surface area contributed by atoms with Crippen LogP contribution in [0, 0.1) is 0 Å². The molecule has 31 heavy (non-hydrogen) atoms. The van der Waals surface area contributed by atoms with E-state index in [-0.39, 0.29) is 29.9 Å². The number of benzene rings is 1. The summed E-state index contributed by atoms with van der Waals surface area (Å²) in [5, 5.41) is 8.85. The van der Waals surface area contributed by atoms with Gasteiger partial charge in [-0.1, -0.05) is 29.8 Å². The highest BCUT2D eigenvalue weighted by Crippen LogP contribution is 2.29. The van der Waals surface area contributed by atoms with Crippen LogP contribution in [-0.2, 0) is 22.7 Å². The average molecular weight is 461 g/mol. The molecule has 4 rings (SSSR count). The van der Waals surface area contributed by atoms with Crippen LogP contribution < -0.4 is 10.6 Å². The minimum absolute atomic E-state index is 0.0583. The van der Waals surface area contributed by atoms with E-state index in [1.165, 1.54) is 0 Å². The maximum absolute atomic E-state index is 12.9. The van der Waals surface area contributed by atoms with Crippen LogP contribution >= 0.6 is 22.9 Å². The second-order valence-electron chi connectivity index (χ2n) is 8.36. The molecule has 2 aliphatic heterocycles. The van der Waals surface area contributed by atoms with E-state index in [4.69, 9.17) is 11.6 Å². The summed E-state index contributed by atoms with van der Waals surface area (Å²) in [6, 6.07) is 12.0. The molecule has 0 radical (unpaired) electrons. The molecule has 8 heteroatoms. The van der Waals surface area contributed by atoms with Crippen molar-refractivity contribution in [2.45, 2.75) is 50.5 Å². The number of likely N-dealkylation sites (tertiary alicyclic amines) is 1. The number of carbonyl (C=O) groups is 2. The Morgan fingerprint density at radius 2 is 2.19 bits per heavy atom. The van der Waals surface area contributed by atoms with E-state index in [1.807, 2.05) is 35.7 Å². The molecular weight excluding hydrogens is 432 g/mol. The van der Waals surface area contributed by atoms with Crippen molar-refractivity contribution in [2.24, 2.45) is 0 Å². The minimum Gasteiger partial charge on any atom is -0.353 e. The number of hydrogen-bond donors (Lipinski definition) is 2. The topological polar surface area (TPSA) is 64.7 Å². The number of nitrogens with zero attached hydrogens (tertiary/aromatic N) is 2. The first kappa shape index (κ1) is 22.3. The Morgan fingerprint density at radius 1 is 1.32 bits per heavy atom. The smallest absolute Gasteiger partial charge is 0.239 e. The fraction of sp³-hybridized carbons (Fsp3) is 0.478. The lowest BCUT2D eigenvalue weighted by molar-refractivity contribution is -0.126. The Bertz CT molecular complexity index is 907. The highest BCUT2D eigenvalue weighted by atomic mass is 35.5. The van der Waals surface area contributed by atoms with Gasteiger partial charge in [-0.25, -0.2) is 0 Å². The van der Waals surface area contributed by atoms with Crippen LogP contribution in [-0.4, -0.2) is 59.9 Å². The monoisotopic (exact) mass is 460 g/mol. The molecule has 2 amide bonds. The summed E-state index contributed by atoms with van der Waals surface area (Å²) in [6.07, 6.45) is 2.13. The van der Waals surface area contributed by atoms with Crippen molar-refractivity contribution in [2.75, 3.05) is 20.1 Å². The van der Waals surface area contributed by atoms with Gasteiger partial charge >= 0.3 is 0 Å². The molecule has 3 atom stereocenters. The third-order valence-electron chi connectivity index (χ3n) is 6.37. The summed E-state index contributed by atoms with van der Waals surface area (Å²) in [4.78, 5) is 31.0. The average Bonchev–Trinajstić information content (AvgIpc) is 3.39. The summed E-state index contributed by atoms with van der Waals surface area (Å²) in [5.74, 6) is 0.143. The van der Waals surface area contributed by atoms with Gasteiger partial charge in [0.15, 0.2) is 0 Å². The van der Waals surface area contributed by atoms with Gasteiger partial charge in [0.25, 0.3) is 0 Å². The summed E-state index contributed by atoms with van der Waals surface area (Å²) in [5.41, 5.74) is 1.12. The van der Waals surface area contributed by atoms with Crippen molar-refractivity contribution in [3.8, 4) is 0 Å². The number of thiophene rings is 1. The second kappa shape index (κ2) is 10.1. The van der Waals surface area contributed by atoms with Crippen LogP contribution in [0.2, 0.25) is 5.02 Å². The standard InChI is InChI=1S/C23H29ClN4O2S/c1-27-18(7-8-21(29)25-14-19-6-3-11-31-19)13-26-23(30)22-20(27)9-10-28(22)15-16-4-2-5-17(24)12-16/h2-6,11-12,18,20,22H,7-10,13-15H2,1H3,(H,25,29)(H,26,30)/t18-,20-,22-/m0/s1. The normalized spacial score (nSPS) is 24.5. The van der Waals surface area contributed by atoms with Crippen molar-refractivity contribution < 1.29 is 9.59 Å². The number of nitrogens with one attached hydrogen (secondary N) is 2. The quantitative estimate of drug-likeness (QED) is 0.666. The van der Waals surface area contributed by atoms with E-state index in [0.717, 1.165) is 29.8 Å². The molecule has 0 saturated carbocycles. The highest BCUT2D eigenvalue weighted by molar-refractivity contribution is 7.09. The molecule has 0 unspecified atom stereocenters. The van der Waals surface area contributed by atoms with Crippen LogP contribution in [0.5, 0.6) is 0 Å². The Kier molecular flexibility index (Phi) is 7.27. The fourth-order valence-electron chi connectivity index (χ4n) is 4.68. The van der Waals surface area contributed by atoms with E-state index in [1.54, 1.807) is 11.3 Å². The zero-order chi connectivity index (χ0) is 21.8. The molecule has 2 aromatic rings. The van der Waals surface area contributed by atoms with E-state index in [2.05, 4.69) is 33.5 Å². The zero-order valence-corrected chi connectivity index (χ0v) is 19.3. The third-order valence-corrected chi connectivity index (χ3v) is 7.48. The van der Waals surface area contributed by atoms with E-state index >= 15 is 0 Å². The maximum Gasteiger partial charge on any atom is 0.239 e. The van der Waals surface area contributed by atoms with Gasteiger partial charge in [0.2, 0.25) is 11.8 Å². The number of likely N-dealkylation sites (N-methyl/N-ethyl adjacent to an activating group) is 1. The van der Waals surface area contributed by atoms with Crippen molar-refractivity contribution in [3.63, 3.8) is 0 Å². The van der Waals surface area contributed by atoms with Crippen LogP contribution in [0.3, 0.4) is 0 Å². The molecule has 3 heterocycles. The summed E-state index contributed by atoms with van der Waals surface area (Å²) < 4.78 is 0. The number of halogens is 1. The van der Waals surface area contributed by atoms with Gasteiger partial charge in [-0.15, -0.1) is 11.3 Å². The fourth-order valence-corrected chi connectivity index (χ4v) is 5.54. The molecule has 166 valence electrons. The van der Waals surface area contributed by atoms with Crippen LogP contribution in [0.15, 0.2) is 41.8 Å². The van der Waals surface area contributed by atoms with Gasteiger partial charge in [-0.3, -0.25) is 19.4 Å². The molecule has 0 spiro atoms. The van der Waals surface area contributed by atoms with Crippen molar-refractivity contribution in [1.29, 1.82) is 0 Å². The summed E-state index contributed by atoms with van der Waals surface area (Å²) in [6.45, 7) is 2.73. The van der Waals surface area contributed by atoms with E-state index in [9.17, 15) is 9.59 Å². The van der Waals surface area contributed by atoms with Crippen LogP contribution in [0.1, 0.15) is 29.7 Å². The summed E-state index contributed by atoms with van der Waals surface area (Å²) in [7, 11) is 2.09. The minimum atomic E-state index is -0.179. The predicted molar refractivity (Wildman–Crippen MR) is 124 cm³/mol. The number of fused-ring (bicyclic) bond motifs is 1. The van der Waals surface area contributed by atoms with E-state index < -0.39 is 0 Å². The number of rotatable bonds is 7. The molecule has 2 saturated heterocycles. The molecule has 1 aromatic carbocycles. The lowest BCUT2D eigenvalue weighted by atomic mass is 10.0. The number of carbonyl (C=O) groups excluding carboxylic acids is 2. The first-order chi connectivity index (χ1) is 15.0. The van der Waals surface area contributed by atoms with Gasteiger partial charge in [0, 0.05) is 48.0 Å².